The van der Waals surface area contributed by atoms with Crippen molar-refractivity contribution in [3.63, 3.8) is 0 Å². The van der Waals surface area contributed by atoms with Gasteiger partial charge in [-0.1, -0.05) is 12.1 Å². The van der Waals surface area contributed by atoms with Gasteiger partial charge >= 0.3 is 0 Å². The second-order valence-electron chi connectivity index (χ2n) is 4.53. The van der Waals surface area contributed by atoms with Gasteiger partial charge in [0.05, 0.1) is 5.69 Å². The van der Waals surface area contributed by atoms with Gasteiger partial charge in [-0.25, -0.2) is 13.1 Å². The maximum absolute atomic E-state index is 12.2. The van der Waals surface area contributed by atoms with E-state index in [4.69, 9.17) is 5.73 Å². The highest BCUT2D eigenvalue weighted by molar-refractivity contribution is 7.89. The average molecular weight is 283 g/mol. The van der Waals surface area contributed by atoms with Crippen molar-refractivity contribution in [1.82, 2.24) is 4.72 Å². The predicted molar refractivity (Wildman–Crippen MR) is 72.1 cm³/mol. The molecule has 6 nitrogen and oxygen atoms in total. The van der Waals surface area contributed by atoms with Gasteiger partial charge in [0.1, 0.15) is 4.90 Å². The molecule has 0 spiro atoms. The molecule has 7 heteroatoms. The van der Waals surface area contributed by atoms with Crippen molar-refractivity contribution in [2.24, 2.45) is 5.73 Å². The minimum atomic E-state index is -3.51. The Morgan fingerprint density at radius 1 is 1.32 bits per heavy atom. The van der Waals surface area contributed by atoms with Crippen LogP contribution in [-0.2, 0) is 14.8 Å². The summed E-state index contributed by atoms with van der Waals surface area (Å²) in [5, 5.41) is 2.92. The summed E-state index contributed by atoms with van der Waals surface area (Å²) in [4.78, 5) is 10.9. The topological polar surface area (TPSA) is 101 Å². The van der Waals surface area contributed by atoms with Crippen molar-refractivity contribution < 1.29 is 13.2 Å². The van der Waals surface area contributed by atoms with Crippen LogP contribution in [0.1, 0.15) is 19.3 Å². The lowest BCUT2D eigenvalue weighted by molar-refractivity contribution is -0.117. The zero-order chi connectivity index (χ0) is 13.9. The van der Waals surface area contributed by atoms with Crippen LogP contribution in [0.25, 0.3) is 0 Å². The van der Waals surface area contributed by atoms with Crippen molar-refractivity contribution in [2.75, 3.05) is 11.9 Å². The highest BCUT2D eigenvalue weighted by atomic mass is 32.2. The van der Waals surface area contributed by atoms with Gasteiger partial charge in [-0.05, 0) is 25.0 Å². The Balaban J connectivity index is 2.12. The van der Waals surface area contributed by atoms with Crippen LogP contribution in [0, 0.1) is 0 Å². The minimum Gasteiger partial charge on any atom is -0.383 e. The van der Waals surface area contributed by atoms with Crippen molar-refractivity contribution >= 4 is 21.6 Å². The summed E-state index contributed by atoms with van der Waals surface area (Å²) in [6, 6.07) is 6.67. The van der Waals surface area contributed by atoms with Crippen LogP contribution in [-0.4, -0.2) is 26.9 Å². The van der Waals surface area contributed by atoms with Gasteiger partial charge in [0, 0.05) is 19.0 Å². The molecule has 0 heterocycles. The summed E-state index contributed by atoms with van der Waals surface area (Å²) >= 11 is 0. The third-order valence-electron chi connectivity index (χ3n) is 2.76. The van der Waals surface area contributed by atoms with Gasteiger partial charge in [-0.3, -0.25) is 4.79 Å². The first-order chi connectivity index (χ1) is 8.99. The Bertz CT molecular complexity index is 567. The van der Waals surface area contributed by atoms with E-state index in [1.165, 1.54) is 6.07 Å². The Hall–Kier alpha value is -1.60. The molecule has 1 aromatic rings. The summed E-state index contributed by atoms with van der Waals surface area (Å²) in [5.41, 5.74) is 5.53. The second kappa shape index (κ2) is 5.58. The van der Waals surface area contributed by atoms with Crippen LogP contribution in [0.4, 0.5) is 5.69 Å². The molecule has 104 valence electrons. The van der Waals surface area contributed by atoms with Crippen LogP contribution in [0.5, 0.6) is 0 Å². The van der Waals surface area contributed by atoms with E-state index < -0.39 is 15.9 Å². The number of nitrogens with two attached hydrogens (primary N) is 1. The standard InChI is InChI=1S/C12H17N3O3S/c13-12(16)7-8-14-10-3-1-2-4-11(10)19(17,18)15-9-5-6-9/h1-4,9,14-15H,5-8H2,(H2,13,16). The molecule has 0 aliphatic heterocycles. The zero-order valence-electron chi connectivity index (χ0n) is 10.4. The van der Waals surface area contributed by atoms with E-state index in [0.717, 1.165) is 12.8 Å². The van der Waals surface area contributed by atoms with Gasteiger partial charge < -0.3 is 11.1 Å². The molecular formula is C12H17N3O3S. The van der Waals surface area contributed by atoms with Gasteiger partial charge in [-0.15, -0.1) is 0 Å². The Kier molecular flexibility index (Phi) is 4.06. The number of rotatable bonds is 7. The highest BCUT2D eigenvalue weighted by Gasteiger charge is 2.29. The number of carbonyl (C=O) groups excluding carboxylic acids is 1. The lowest BCUT2D eigenvalue weighted by Gasteiger charge is -2.12. The number of carbonyl (C=O) groups is 1. The number of primary amides is 1. The number of amides is 1. The fourth-order valence-electron chi connectivity index (χ4n) is 1.65. The molecule has 1 aromatic carbocycles. The summed E-state index contributed by atoms with van der Waals surface area (Å²) < 4.78 is 26.9. The summed E-state index contributed by atoms with van der Waals surface area (Å²) in [7, 11) is -3.51. The van der Waals surface area contributed by atoms with Crippen LogP contribution in [0.2, 0.25) is 0 Å². The second-order valence-corrected chi connectivity index (χ2v) is 6.22. The maximum atomic E-state index is 12.2. The van der Waals surface area contributed by atoms with Gasteiger partial charge in [-0.2, -0.15) is 0 Å². The monoisotopic (exact) mass is 283 g/mol. The lowest BCUT2D eigenvalue weighted by atomic mass is 10.3. The fourth-order valence-corrected chi connectivity index (χ4v) is 3.14. The van der Waals surface area contributed by atoms with Crippen LogP contribution in [0.3, 0.4) is 0 Å². The number of sulfonamides is 1. The number of benzene rings is 1. The molecule has 2 rings (SSSR count). The van der Waals surface area contributed by atoms with E-state index in [1.807, 2.05) is 0 Å². The lowest BCUT2D eigenvalue weighted by Crippen LogP contribution is -2.26. The first kappa shape index (κ1) is 13.8. The van der Waals surface area contributed by atoms with Crippen molar-refractivity contribution in [3.05, 3.63) is 24.3 Å². The van der Waals surface area contributed by atoms with E-state index in [-0.39, 0.29) is 17.4 Å². The van der Waals surface area contributed by atoms with Gasteiger partial charge in [0.25, 0.3) is 0 Å². The summed E-state index contributed by atoms with van der Waals surface area (Å²) in [5.74, 6) is -0.427. The average Bonchev–Trinajstić information content (AvgIpc) is 3.12. The molecule has 0 aromatic heterocycles. The number of hydrogen-bond acceptors (Lipinski definition) is 4. The van der Waals surface area contributed by atoms with E-state index in [9.17, 15) is 13.2 Å². The number of nitrogens with one attached hydrogen (secondary N) is 2. The minimum absolute atomic E-state index is 0.0590. The first-order valence-electron chi connectivity index (χ1n) is 6.12. The molecule has 0 saturated heterocycles. The van der Waals surface area contributed by atoms with Gasteiger partial charge in [0.15, 0.2) is 0 Å². The van der Waals surface area contributed by atoms with E-state index in [0.29, 0.717) is 12.2 Å². The largest absolute Gasteiger partial charge is 0.383 e. The molecule has 0 radical (unpaired) electrons. The third-order valence-corrected chi connectivity index (χ3v) is 4.34. The molecule has 4 N–H and O–H groups in total. The molecule has 0 atom stereocenters. The van der Waals surface area contributed by atoms with Crippen molar-refractivity contribution in [2.45, 2.75) is 30.2 Å². The summed E-state index contributed by atoms with van der Waals surface area (Å²) in [6.45, 7) is 0.311. The Morgan fingerprint density at radius 3 is 2.63 bits per heavy atom. The molecule has 0 unspecified atom stereocenters. The fraction of sp³-hybridized carbons (Fsp3) is 0.417. The predicted octanol–water partition coefficient (Wildman–Crippen LogP) is 0.415. The number of anilines is 1. The van der Waals surface area contributed by atoms with E-state index in [2.05, 4.69) is 10.0 Å². The quantitative estimate of drug-likeness (QED) is 0.674. The van der Waals surface area contributed by atoms with E-state index in [1.54, 1.807) is 18.2 Å². The van der Waals surface area contributed by atoms with Crippen LogP contribution in [0.15, 0.2) is 29.2 Å². The van der Waals surface area contributed by atoms with Crippen molar-refractivity contribution in [1.29, 1.82) is 0 Å². The third kappa shape index (κ3) is 3.93. The highest BCUT2D eigenvalue weighted by Crippen LogP contribution is 2.25. The normalized spacial score (nSPS) is 15.2. The molecular weight excluding hydrogens is 266 g/mol. The number of para-hydroxylation sites is 1. The molecule has 1 amide bonds. The molecule has 19 heavy (non-hydrogen) atoms. The Morgan fingerprint density at radius 2 is 2.00 bits per heavy atom. The molecule has 1 aliphatic rings. The van der Waals surface area contributed by atoms with E-state index >= 15 is 0 Å². The van der Waals surface area contributed by atoms with Crippen molar-refractivity contribution in [3.8, 4) is 0 Å². The van der Waals surface area contributed by atoms with Crippen LogP contribution >= 0.6 is 0 Å². The smallest absolute Gasteiger partial charge is 0.242 e. The van der Waals surface area contributed by atoms with Crippen LogP contribution < -0.4 is 15.8 Å². The number of hydrogen-bond donors (Lipinski definition) is 3. The zero-order valence-corrected chi connectivity index (χ0v) is 11.2. The molecule has 1 saturated carbocycles. The SMILES string of the molecule is NC(=O)CCNc1ccccc1S(=O)(=O)NC1CC1. The Labute approximate surface area is 112 Å². The maximum Gasteiger partial charge on any atom is 0.242 e. The summed E-state index contributed by atoms with van der Waals surface area (Å²) in [6.07, 6.45) is 1.93. The molecule has 1 aliphatic carbocycles. The first-order valence-corrected chi connectivity index (χ1v) is 7.61. The van der Waals surface area contributed by atoms with Gasteiger partial charge in [0.2, 0.25) is 15.9 Å². The molecule has 1 fully saturated rings. The molecule has 0 bridgehead atoms.